The number of aromatic nitrogens is 2. The minimum Gasteiger partial charge on any atom is -0.387 e. The van der Waals surface area contributed by atoms with Crippen molar-refractivity contribution in [1.29, 1.82) is 0 Å². The van der Waals surface area contributed by atoms with Gasteiger partial charge in [0.1, 0.15) is 30.3 Å². The summed E-state index contributed by atoms with van der Waals surface area (Å²) in [5.74, 6) is -0.186. The molecule has 4 unspecified atom stereocenters. The summed E-state index contributed by atoms with van der Waals surface area (Å²) < 4.78 is 51.8. The van der Waals surface area contributed by atoms with Crippen molar-refractivity contribution in [2.75, 3.05) is 6.61 Å². The van der Waals surface area contributed by atoms with E-state index in [0.717, 1.165) is 10.9 Å². The SMILES string of the molecule is O=P(O)(O)OC[C@H]1O[C@@H](n2cnc3c2N=CN(OP(=O)(O)OP(=O)(O)O)C3O)C(O)C1O. The maximum Gasteiger partial charge on any atom is 0.502 e. The molecule has 3 heterocycles. The van der Waals surface area contributed by atoms with Crippen LogP contribution >= 0.6 is 23.5 Å². The number of phosphoric acid groups is 3. The molecule has 6 atom stereocenters. The fraction of sp³-hybridized carbons (Fsp3) is 0.600. The molecule has 2 aliphatic heterocycles. The molecule has 22 heteroatoms. The summed E-state index contributed by atoms with van der Waals surface area (Å²) in [6.07, 6.45) is -6.35. The van der Waals surface area contributed by atoms with E-state index in [9.17, 15) is 33.9 Å². The molecule has 0 spiro atoms. The number of ether oxygens (including phenoxy) is 1. The molecule has 0 bridgehead atoms. The third kappa shape index (κ3) is 5.87. The topological polar surface area (TPSA) is 283 Å². The molecular weight excluding hydrogens is 509 g/mol. The van der Waals surface area contributed by atoms with Gasteiger partial charge in [0.15, 0.2) is 18.3 Å². The largest absolute Gasteiger partial charge is 0.502 e. The van der Waals surface area contributed by atoms with E-state index in [1.807, 2.05) is 0 Å². The molecule has 0 radical (unpaired) electrons. The van der Waals surface area contributed by atoms with Crippen LogP contribution in [0.5, 0.6) is 0 Å². The molecular formula is C10H17N4O15P3. The number of aliphatic imine (C=N–C) groups is 1. The van der Waals surface area contributed by atoms with Crippen LogP contribution in [0.3, 0.4) is 0 Å². The molecule has 19 nitrogen and oxygen atoms in total. The summed E-state index contributed by atoms with van der Waals surface area (Å²) >= 11 is 0. The number of fused-ring (bicyclic) bond motifs is 1. The monoisotopic (exact) mass is 526 g/mol. The summed E-state index contributed by atoms with van der Waals surface area (Å²) in [6.45, 7) is -0.769. The number of phosphoric ester groups is 1. The number of imidazole rings is 1. The zero-order chi connectivity index (χ0) is 24.1. The van der Waals surface area contributed by atoms with Gasteiger partial charge in [0.05, 0.1) is 12.9 Å². The van der Waals surface area contributed by atoms with E-state index in [-0.39, 0.29) is 16.6 Å². The van der Waals surface area contributed by atoms with Crippen molar-refractivity contribution in [3.8, 4) is 0 Å². The number of aliphatic hydroxyl groups excluding tert-OH is 3. The van der Waals surface area contributed by atoms with Crippen molar-refractivity contribution in [1.82, 2.24) is 14.6 Å². The van der Waals surface area contributed by atoms with Gasteiger partial charge in [-0.1, -0.05) is 0 Å². The van der Waals surface area contributed by atoms with E-state index in [0.29, 0.717) is 6.34 Å². The van der Waals surface area contributed by atoms with Gasteiger partial charge in [0.25, 0.3) is 0 Å². The van der Waals surface area contributed by atoms with Gasteiger partial charge in [-0.05, 0) is 0 Å². The third-order valence-corrected chi connectivity index (χ3v) is 6.56. The van der Waals surface area contributed by atoms with Gasteiger partial charge in [0, 0.05) is 0 Å². The van der Waals surface area contributed by atoms with Crippen LogP contribution in [-0.2, 0) is 31.9 Å². The number of aliphatic hydroxyl groups is 3. The fourth-order valence-corrected chi connectivity index (χ4v) is 4.67. The zero-order valence-electron chi connectivity index (χ0n) is 15.3. The molecule has 1 fully saturated rings. The van der Waals surface area contributed by atoms with Crippen LogP contribution in [0, 0.1) is 0 Å². The van der Waals surface area contributed by atoms with Crippen LogP contribution in [0.4, 0.5) is 5.82 Å². The van der Waals surface area contributed by atoms with E-state index in [1.165, 1.54) is 0 Å². The Labute approximate surface area is 177 Å². The Balaban J connectivity index is 1.76. The molecule has 182 valence electrons. The quantitative estimate of drug-likeness (QED) is 0.166. The molecule has 3 rings (SSSR count). The number of hydrogen-bond donors (Lipinski definition) is 8. The Kier molecular flexibility index (Phi) is 7.11. The van der Waals surface area contributed by atoms with Gasteiger partial charge < -0.3 is 44.5 Å². The molecule has 8 N–H and O–H groups in total. The number of hydrogen-bond acceptors (Lipinski definition) is 13. The minimum atomic E-state index is -5.42. The van der Waals surface area contributed by atoms with Crippen LogP contribution in [0.15, 0.2) is 11.3 Å². The van der Waals surface area contributed by atoms with E-state index < -0.39 is 60.8 Å². The first-order chi connectivity index (χ1) is 14.6. The zero-order valence-corrected chi connectivity index (χ0v) is 18.0. The Hall–Kier alpha value is -1.11. The maximum absolute atomic E-state index is 11.6. The standard InChI is InChI=1S/C10H17N4O15P3/c15-6-4(1-26-30(18,19)20)27-10(7(6)16)13-2-11-5-8(13)12-3-14(9(5)17)28-32(24,25)29-31(21,22)23/h2-4,6-7,9-10,15-17H,1H2,(H,24,25)(H2,18,19,20)(H2,21,22,23)/t4-,6?,7?,9?,10-/m1/s1. The molecule has 1 saturated heterocycles. The highest BCUT2D eigenvalue weighted by atomic mass is 31.3. The Morgan fingerprint density at radius 2 is 1.69 bits per heavy atom. The van der Waals surface area contributed by atoms with Gasteiger partial charge in [-0.15, -0.1) is 0 Å². The highest BCUT2D eigenvalue weighted by Gasteiger charge is 2.46. The van der Waals surface area contributed by atoms with Crippen molar-refractivity contribution >= 4 is 35.6 Å². The van der Waals surface area contributed by atoms with E-state index in [1.54, 1.807) is 0 Å². The summed E-state index contributed by atoms with van der Waals surface area (Å²) in [6, 6.07) is 0. The molecule has 1 aromatic heterocycles. The molecule has 32 heavy (non-hydrogen) atoms. The van der Waals surface area contributed by atoms with Gasteiger partial charge in [-0.25, -0.2) is 23.7 Å². The average Bonchev–Trinajstić information content (AvgIpc) is 3.15. The van der Waals surface area contributed by atoms with Gasteiger partial charge in [0.2, 0.25) is 0 Å². The van der Waals surface area contributed by atoms with Crippen LogP contribution in [-0.4, -0.2) is 85.7 Å². The summed E-state index contributed by atoms with van der Waals surface area (Å²) in [5.41, 5.74) is -0.330. The Bertz CT molecular complexity index is 1020. The number of rotatable bonds is 8. The lowest BCUT2D eigenvalue weighted by atomic mass is 10.1. The smallest absolute Gasteiger partial charge is 0.387 e. The molecule has 0 aromatic carbocycles. The predicted octanol–water partition coefficient (Wildman–Crippen LogP) is -2.28. The second-order valence-electron chi connectivity index (χ2n) is 6.29. The van der Waals surface area contributed by atoms with E-state index in [4.69, 9.17) is 24.3 Å². The van der Waals surface area contributed by atoms with Crippen LogP contribution < -0.4 is 0 Å². The fourth-order valence-electron chi connectivity index (χ4n) is 2.77. The average molecular weight is 526 g/mol. The summed E-state index contributed by atoms with van der Waals surface area (Å²) in [5, 5.41) is 30.8. The molecule has 1 aromatic rings. The lowest BCUT2D eigenvalue weighted by Gasteiger charge is -2.28. The van der Waals surface area contributed by atoms with Crippen molar-refractivity contribution in [2.45, 2.75) is 30.8 Å². The highest BCUT2D eigenvalue weighted by molar-refractivity contribution is 7.60. The predicted molar refractivity (Wildman–Crippen MR) is 95.1 cm³/mol. The molecule has 0 saturated carbocycles. The van der Waals surface area contributed by atoms with Crippen molar-refractivity contribution in [2.24, 2.45) is 4.99 Å². The summed E-state index contributed by atoms with van der Waals surface area (Å²) in [4.78, 5) is 51.7. The van der Waals surface area contributed by atoms with Crippen LogP contribution in [0.25, 0.3) is 0 Å². The van der Waals surface area contributed by atoms with Gasteiger partial charge in [-0.2, -0.15) is 14.0 Å². The number of nitrogens with zero attached hydrogens (tertiary/aromatic N) is 4. The van der Waals surface area contributed by atoms with Gasteiger partial charge >= 0.3 is 23.5 Å². The lowest BCUT2D eigenvalue weighted by molar-refractivity contribution is -0.129. The number of hydroxylamine groups is 2. The molecule has 2 aliphatic rings. The lowest BCUT2D eigenvalue weighted by Crippen LogP contribution is -2.33. The summed E-state index contributed by atoms with van der Waals surface area (Å²) in [7, 11) is -15.7. The Morgan fingerprint density at radius 1 is 1.03 bits per heavy atom. The minimum absolute atomic E-state index is 0.186. The second kappa shape index (κ2) is 8.92. The van der Waals surface area contributed by atoms with E-state index in [2.05, 4.69) is 23.4 Å². The molecule has 0 aliphatic carbocycles. The van der Waals surface area contributed by atoms with Crippen molar-refractivity contribution < 1.29 is 71.7 Å². The van der Waals surface area contributed by atoms with E-state index >= 15 is 0 Å². The molecule has 0 amide bonds. The van der Waals surface area contributed by atoms with Crippen molar-refractivity contribution in [3.63, 3.8) is 0 Å². The third-order valence-electron chi connectivity index (χ3n) is 4.00. The normalized spacial score (nSPS) is 30.4. The van der Waals surface area contributed by atoms with Gasteiger partial charge in [-0.3, -0.25) is 9.09 Å². The Morgan fingerprint density at radius 3 is 2.28 bits per heavy atom. The second-order valence-corrected chi connectivity index (χ2v) is 10.3. The van der Waals surface area contributed by atoms with Crippen LogP contribution in [0.2, 0.25) is 0 Å². The van der Waals surface area contributed by atoms with Crippen LogP contribution in [0.1, 0.15) is 18.1 Å². The highest BCUT2D eigenvalue weighted by Crippen LogP contribution is 2.58. The first-order valence-corrected chi connectivity index (χ1v) is 12.7. The first-order valence-electron chi connectivity index (χ1n) is 8.16. The first kappa shape index (κ1) is 25.5. The maximum atomic E-state index is 11.6. The van der Waals surface area contributed by atoms with Crippen molar-refractivity contribution in [3.05, 3.63) is 12.0 Å².